The summed E-state index contributed by atoms with van der Waals surface area (Å²) in [6.07, 6.45) is 5.75. The average molecular weight is 451 g/mol. The van der Waals surface area contributed by atoms with Crippen molar-refractivity contribution in [2.45, 2.75) is 54.4 Å². The molecule has 0 atom stereocenters. The van der Waals surface area contributed by atoms with Crippen molar-refractivity contribution in [2.24, 2.45) is 0 Å². The first kappa shape index (κ1) is 28.7. The number of benzene rings is 4. The lowest BCUT2D eigenvalue weighted by atomic mass is 9.81. The van der Waals surface area contributed by atoms with Gasteiger partial charge in [-0.1, -0.05) is 87.5 Å². The van der Waals surface area contributed by atoms with Crippen LogP contribution in [0.15, 0.2) is 105 Å². The molecule has 0 amide bonds. The molecule has 0 fully saturated rings. The second-order valence-corrected chi connectivity index (χ2v) is 8.69. The Kier molecular flexibility index (Phi) is 10.7. The third kappa shape index (κ3) is 5.75. The van der Waals surface area contributed by atoms with Crippen LogP contribution in [0.1, 0.15) is 58.7 Å². The lowest BCUT2D eigenvalue weighted by Gasteiger charge is -2.22. The van der Waals surface area contributed by atoms with E-state index in [4.69, 9.17) is 0 Å². The Morgan fingerprint density at radius 2 is 1.06 bits per heavy atom. The highest BCUT2D eigenvalue weighted by molar-refractivity contribution is 5.98. The van der Waals surface area contributed by atoms with E-state index in [1.165, 1.54) is 49.4 Å². The highest BCUT2D eigenvalue weighted by Gasteiger charge is 2.35. The average Bonchev–Trinajstić information content (AvgIpc) is 3.04. The van der Waals surface area contributed by atoms with E-state index in [1.54, 1.807) is 6.08 Å². The van der Waals surface area contributed by atoms with Gasteiger partial charge in [0.1, 0.15) is 0 Å². The molecule has 178 valence electrons. The molecule has 0 saturated heterocycles. The largest absolute Gasteiger partial charge is 0.106 e. The Morgan fingerprint density at radius 3 is 1.53 bits per heavy atom. The molecule has 0 heterocycles. The van der Waals surface area contributed by atoms with Crippen LogP contribution in [0.2, 0.25) is 0 Å². The summed E-state index contributed by atoms with van der Waals surface area (Å²) in [5.74, 6) is 0. The smallest absolute Gasteiger partial charge is 0.0159 e. The lowest BCUT2D eigenvalue weighted by molar-refractivity contribution is 0.662. The van der Waals surface area contributed by atoms with E-state index in [-0.39, 0.29) is 12.8 Å². The maximum atomic E-state index is 3.36. The van der Waals surface area contributed by atoms with Crippen LogP contribution in [0, 0.1) is 6.92 Å². The molecule has 0 heteroatoms. The molecule has 0 aliphatic heterocycles. The molecule has 0 nitrogen and oxygen atoms in total. The molecule has 1 aliphatic rings. The third-order valence-electron chi connectivity index (χ3n) is 5.99. The molecule has 1 aliphatic carbocycles. The first-order valence-electron chi connectivity index (χ1n) is 11.6. The van der Waals surface area contributed by atoms with Crippen molar-refractivity contribution < 1.29 is 0 Å². The Labute approximate surface area is 208 Å². The van der Waals surface area contributed by atoms with Crippen molar-refractivity contribution in [3.05, 3.63) is 121 Å². The van der Waals surface area contributed by atoms with Gasteiger partial charge in [0.25, 0.3) is 0 Å². The van der Waals surface area contributed by atoms with Crippen LogP contribution in [0.5, 0.6) is 0 Å². The fourth-order valence-corrected chi connectivity index (χ4v) is 4.28. The molecule has 0 aromatic heterocycles. The quantitative estimate of drug-likeness (QED) is 0.234. The zero-order valence-corrected chi connectivity index (χ0v) is 21.2. The molecule has 34 heavy (non-hydrogen) atoms. The number of hydrogen-bond acceptors (Lipinski definition) is 0. The molecule has 4 aromatic carbocycles. The van der Waals surface area contributed by atoms with Gasteiger partial charge >= 0.3 is 0 Å². The summed E-state index contributed by atoms with van der Waals surface area (Å²) in [7, 11) is 0. The summed E-state index contributed by atoms with van der Waals surface area (Å²) in [6, 6.07) is 25.0. The van der Waals surface area contributed by atoms with E-state index in [0.717, 1.165) is 0 Å². The zero-order chi connectivity index (χ0) is 24.6. The predicted octanol–water partition coefficient (Wildman–Crippen LogP) is 10.8. The molecule has 0 unspecified atom stereocenters. The van der Waals surface area contributed by atoms with Gasteiger partial charge in [0.15, 0.2) is 0 Å². The molecule has 0 radical (unpaired) electrons. The van der Waals surface area contributed by atoms with Crippen molar-refractivity contribution in [1.29, 1.82) is 0 Å². The summed E-state index contributed by atoms with van der Waals surface area (Å²) in [6.45, 7) is 22.1. The van der Waals surface area contributed by atoms with Crippen LogP contribution in [0.25, 0.3) is 32.7 Å². The van der Waals surface area contributed by atoms with Crippen LogP contribution in [-0.4, -0.2) is 0 Å². The molecule has 0 bridgehead atoms. The van der Waals surface area contributed by atoms with Gasteiger partial charge in [0, 0.05) is 5.41 Å². The van der Waals surface area contributed by atoms with Crippen LogP contribution in [0.4, 0.5) is 0 Å². The van der Waals surface area contributed by atoms with Gasteiger partial charge in [0.2, 0.25) is 0 Å². The van der Waals surface area contributed by atoms with E-state index in [2.05, 4.69) is 107 Å². The zero-order valence-electron chi connectivity index (χ0n) is 21.2. The maximum absolute atomic E-state index is 3.36. The molecule has 5 rings (SSSR count). The number of aryl methyl sites for hydroxylation is 1. The fourth-order valence-electron chi connectivity index (χ4n) is 4.28. The molecule has 0 saturated carbocycles. The van der Waals surface area contributed by atoms with Crippen molar-refractivity contribution in [1.82, 2.24) is 0 Å². The fraction of sp³-hybridized carbons (Fsp3) is 0.235. The van der Waals surface area contributed by atoms with Crippen LogP contribution < -0.4 is 0 Å². The Hall–Kier alpha value is -3.38. The van der Waals surface area contributed by atoms with Gasteiger partial charge in [0.05, 0.1) is 0 Å². The van der Waals surface area contributed by atoms with E-state index in [9.17, 15) is 0 Å². The molecular formula is C34H42. The lowest BCUT2D eigenvalue weighted by Crippen LogP contribution is -2.14. The summed E-state index contributed by atoms with van der Waals surface area (Å²) >= 11 is 0. The van der Waals surface area contributed by atoms with E-state index in [0.29, 0.717) is 0 Å². The Morgan fingerprint density at radius 1 is 0.647 bits per heavy atom. The minimum absolute atomic E-state index is 0. The summed E-state index contributed by atoms with van der Waals surface area (Å²) < 4.78 is 0. The normalized spacial score (nSPS) is 12.1. The van der Waals surface area contributed by atoms with E-state index in [1.807, 2.05) is 32.9 Å². The van der Waals surface area contributed by atoms with Gasteiger partial charge in [-0.15, -0.1) is 19.7 Å². The second kappa shape index (κ2) is 12.8. The van der Waals surface area contributed by atoms with Crippen LogP contribution >= 0.6 is 0 Å². The predicted molar refractivity (Wildman–Crippen MR) is 158 cm³/mol. The first-order chi connectivity index (χ1) is 15.9. The molecule has 4 aromatic rings. The Bertz CT molecular complexity index is 1260. The van der Waals surface area contributed by atoms with Crippen molar-refractivity contribution in [2.75, 3.05) is 0 Å². The van der Waals surface area contributed by atoms with Gasteiger partial charge in [-0.25, -0.2) is 0 Å². The van der Waals surface area contributed by atoms with Crippen molar-refractivity contribution in [3.8, 4) is 11.1 Å². The van der Waals surface area contributed by atoms with Gasteiger partial charge in [-0.3, -0.25) is 0 Å². The first-order valence-corrected chi connectivity index (χ1v) is 11.6. The van der Waals surface area contributed by atoms with Gasteiger partial charge in [-0.2, -0.15) is 0 Å². The number of rotatable bonds is 0. The minimum atomic E-state index is 0. The summed E-state index contributed by atoms with van der Waals surface area (Å²) in [5, 5.41) is 5.33. The SMILES string of the molecule is C.C/C=C\C.C=C.C=CC.Cc1ccc2cc3c(cc2c1)-c1cc2ccccc2cc1C3(C)C. The maximum Gasteiger partial charge on any atom is 0.0159 e. The topological polar surface area (TPSA) is 0 Å². The van der Waals surface area contributed by atoms with Gasteiger partial charge in [-0.05, 0) is 95.8 Å². The highest BCUT2D eigenvalue weighted by Crippen LogP contribution is 2.50. The molecule has 0 N–H and O–H groups in total. The number of hydrogen-bond donors (Lipinski definition) is 0. The Balaban J connectivity index is 0.000000509. The number of allylic oxidation sites excluding steroid dienone is 3. The van der Waals surface area contributed by atoms with Crippen molar-refractivity contribution >= 4 is 21.5 Å². The molecule has 0 spiro atoms. The van der Waals surface area contributed by atoms with Crippen molar-refractivity contribution in [3.63, 3.8) is 0 Å². The van der Waals surface area contributed by atoms with E-state index < -0.39 is 0 Å². The highest BCUT2D eigenvalue weighted by atomic mass is 14.4. The van der Waals surface area contributed by atoms with Crippen LogP contribution in [0.3, 0.4) is 0 Å². The van der Waals surface area contributed by atoms with Gasteiger partial charge < -0.3 is 0 Å². The van der Waals surface area contributed by atoms with E-state index >= 15 is 0 Å². The second-order valence-electron chi connectivity index (χ2n) is 8.69. The monoisotopic (exact) mass is 450 g/mol. The summed E-state index contributed by atoms with van der Waals surface area (Å²) in [4.78, 5) is 0. The van der Waals surface area contributed by atoms with Crippen LogP contribution in [-0.2, 0) is 5.41 Å². The summed E-state index contributed by atoms with van der Waals surface area (Å²) in [5.41, 5.74) is 7.06. The molecular weight excluding hydrogens is 408 g/mol. The minimum Gasteiger partial charge on any atom is -0.106 e. The number of fused-ring (bicyclic) bond motifs is 5. The third-order valence-corrected chi connectivity index (χ3v) is 5.99. The standard InChI is InChI=1S/C24H20.C4H8.C3H6.C2H4.CH4/c1-15-8-9-18-14-23-21(12-19(18)10-15)20-11-16-6-4-5-7-17(16)13-22(20)24(23,2)3;1-3-4-2;1-3-2;1-2;/h4-14H,1-3H3;3-4H,1-2H3;3H,1H2,2H3;1-2H2;1H4/b;4-3-;;;.